The molecule has 34 heavy (non-hydrogen) atoms. The third-order valence-electron chi connectivity index (χ3n) is 6.21. The molecule has 4 aromatic rings. The Morgan fingerprint density at radius 3 is 2.59 bits per heavy atom. The van der Waals surface area contributed by atoms with Crippen LogP contribution in [0.5, 0.6) is 0 Å². The lowest BCUT2D eigenvalue weighted by Crippen LogP contribution is -2.29. The Bertz CT molecular complexity index is 1340. The summed E-state index contributed by atoms with van der Waals surface area (Å²) in [5, 5.41) is 5.44. The third-order valence-corrected chi connectivity index (χ3v) is 7.10. The number of pyridine rings is 2. The summed E-state index contributed by atoms with van der Waals surface area (Å²) in [6.07, 6.45) is 5.48. The highest BCUT2D eigenvalue weighted by atomic mass is 35.5. The van der Waals surface area contributed by atoms with Crippen LogP contribution >= 0.6 is 35.4 Å². The van der Waals surface area contributed by atoms with Gasteiger partial charge in [0, 0.05) is 41.5 Å². The van der Waals surface area contributed by atoms with Gasteiger partial charge in [0.15, 0.2) is 5.11 Å². The molecule has 1 aliphatic heterocycles. The number of aryl methyl sites for hydroxylation is 1. The zero-order valence-electron chi connectivity index (χ0n) is 18.7. The molecule has 0 radical (unpaired) electrons. The third kappa shape index (κ3) is 4.17. The highest BCUT2D eigenvalue weighted by Gasteiger charge is 2.41. The van der Waals surface area contributed by atoms with Crippen LogP contribution in [0.15, 0.2) is 73.2 Å². The van der Waals surface area contributed by atoms with Crippen molar-refractivity contribution in [2.24, 2.45) is 0 Å². The monoisotopic (exact) mass is 507 g/mol. The van der Waals surface area contributed by atoms with Gasteiger partial charge in [-0.25, -0.2) is 0 Å². The molecule has 0 amide bonds. The highest BCUT2D eigenvalue weighted by Crippen LogP contribution is 2.42. The number of halogens is 2. The van der Waals surface area contributed by atoms with E-state index < -0.39 is 0 Å². The maximum Gasteiger partial charge on any atom is 0.170 e. The van der Waals surface area contributed by atoms with Crippen molar-refractivity contribution in [1.29, 1.82) is 0 Å². The summed E-state index contributed by atoms with van der Waals surface area (Å²) in [6.45, 7) is 4.84. The quantitative estimate of drug-likeness (QED) is 0.318. The molecule has 172 valence electrons. The number of hydrogen-bond acceptors (Lipinski definition) is 3. The van der Waals surface area contributed by atoms with Crippen LogP contribution in [-0.2, 0) is 6.54 Å². The minimum Gasteiger partial charge on any atom is -0.352 e. The van der Waals surface area contributed by atoms with Crippen LogP contribution in [0.2, 0.25) is 10.0 Å². The second-order valence-corrected chi connectivity index (χ2v) is 9.60. The molecule has 0 unspecified atom stereocenters. The van der Waals surface area contributed by atoms with E-state index in [1.54, 1.807) is 12.3 Å². The molecule has 3 aromatic heterocycles. The lowest BCUT2D eigenvalue weighted by atomic mass is 9.96. The number of nitrogens with one attached hydrogen (secondary N) is 1. The molecule has 8 heteroatoms. The fraction of sp³-hybridized carbons (Fsp3) is 0.192. The van der Waals surface area contributed by atoms with E-state index in [2.05, 4.69) is 50.7 Å². The van der Waals surface area contributed by atoms with Crippen molar-refractivity contribution in [2.75, 3.05) is 0 Å². The van der Waals surface area contributed by atoms with E-state index in [-0.39, 0.29) is 12.1 Å². The molecule has 1 N–H and O–H groups in total. The van der Waals surface area contributed by atoms with Crippen LogP contribution < -0.4 is 5.32 Å². The van der Waals surface area contributed by atoms with Gasteiger partial charge in [-0.15, -0.1) is 0 Å². The molecule has 0 aliphatic carbocycles. The van der Waals surface area contributed by atoms with Crippen LogP contribution in [0.1, 0.15) is 40.3 Å². The molecule has 4 heterocycles. The molecule has 2 atom stereocenters. The van der Waals surface area contributed by atoms with Gasteiger partial charge in [0.1, 0.15) is 0 Å². The standard InChI is InChI=1S/C26H23Cl2N5S/c1-16-12-20(17(2)33(16)23-9-8-19(27)13-21(23)28)25-24(22-7-3-4-11-30-22)31-26(34)32(25)15-18-6-5-10-29-14-18/h3-14,24-25H,15H2,1-2H3,(H,31,34)/t24-,25+/m0/s1. The SMILES string of the molecule is Cc1cc([C@@H]2[C@H](c3ccccn3)NC(=S)N2Cc2cccnc2)c(C)n1-c1ccc(Cl)cc1Cl. The molecule has 1 saturated heterocycles. The topological polar surface area (TPSA) is 46.0 Å². The predicted octanol–water partition coefficient (Wildman–Crippen LogP) is 6.36. The average molecular weight is 508 g/mol. The molecule has 1 aromatic carbocycles. The molecule has 5 rings (SSSR count). The Labute approximate surface area is 214 Å². The first-order valence-electron chi connectivity index (χ1n) is 11.0. The molecular formula is C26H23Cl2N5S. The second kappa shape index (κ2) is 9.37. The van der Waals surface area contributed by atoms with Gasteiger partial charge in [-0.1, -0.05) is 35.3 Å². The fourth-order valence-electron chi connectivity index (χ4n) is 4.72. The van der Waals surface area contributed by atoms with Crippen LogP contribution in [0.3, 0.4) is 0 Å². The molecule has 1 fully saturated rings. The van der Waals surface area contributed by atoms with Crippen molar-refractivity contribution in [2.45, 2.75) is 32.5 Å². The van der Waals surface area contributed by atoms with Crippen molar-refractivity contribution < 1.29 is 0 Å². The first kappa shape index (κ1) is 22.8. The summed E-state index contributed by atoms with van der Waals surface area (Å²) < 4.78 is 2.17. The van der Waals surface area contributed by atoms with Gasteiger partial charge in [-0.05, 0) is 79.7 Å². The Kier molecular flexibility index (Phi) is 6.30. The number of nitrogens with zero attached hydrogens (tertiary/aromatic N) is 4. The van der Waals surface area contributed by atoms with Gasteiger partial charge in [-0.2, -0.15) is 0 Å². The predicted molar refractivity (Wildman–Crippen MR) is 140 cm³/mol. The average Bonchev–Trinajstić information content (AvgIpc) is 3.30. The lowest BCUT2D eigenvalue weighted by Gasteiger charge is -2.28. The molecule has 0 spiro atoms. The van der Waals surface area contributed by atoms with Crippen LogP contribution in [0, 0.1) is 13.8 Å². The van der Waals surface area contributed by atoms with Crippen LogP contribution in [-0.4, -0.2) is 24.5 Å². The molecule has 5 nitrogen and oxygen atoms in total. The van der Waals surface area contributed by atoms with Crippen molar-refractivity contribution in [3.8, 4) is 5.69 Å². The number of benzene rings is 1. The lowest BCUT2D eigenvalue weighted by molar-refractivity contribution is 0.310. The van der Waals surface area contributed by atoms with Crippen LogP contribution in [0.25, 0.3) is 5.69 Å². The summed E-state index contributed by atoms with van der Waals surface area (Å²) in [7, 11) is 0. The molecule has 1 aliphatic rings. The minimum atomic E-state index is -0.0972. The van der Waals surface area contributed by atoms with Crippen molar-refractivity contribution >= 4 is 40.5 Å². The smallest absolute Gasteiger partial charge is 0.170 e. The van der Waals surface area contributed by atoms with Gasteiger partial charge in [0.2, 0.25) is 0 Å². The van der Waals surface area contributed by atoms with Gasteiger partial charge in [0.25, 0.3) is 0 Å². The maximum atomic E-state index is 6.59. The summed E-state index contributed by atoms with van der Waals surface area (Å²) in [5.74, 6) is 0. The Hall–Kier alpha value is -2.93. The van der Waals surface area contributed by atoms with Crippen molar-refractivity contribution in [3.63, 3.8) is 0 Å². The van der Waals surface area contributed by atoms with E-state index in [1.165, 1.54) is 0 Å². The zero-order valence-corrected chi connectivity index (χ0v) is 21.1. The number of rotatable bonds is 5. The zero-order chi connectivity index (χ0) is 23.8. The van der Waals surface area contributed by atoms with Gasteiger partial charge in [-0.3, -0.25) is 9.97 Å². The van der Waals surface area contributed by atoms with Gasteiger partial charge < -0.3 is 14.8 Å². The summed E-state index contributed by atoms with van der Waals surface area (Å²) >= 11 is 18.6. The van der Waals surface area contributed by atoms with Crippen molar-refractivity contribution in [1.82, 2.24) is 24.8 Å². The number of thiocarbonyl (C=S) groups is 1. The first-order chi connectivity index (χ1) is 16.4. The summed E-state index contributed by atoms with van der Waals surface area (Å²) in [6, 6.07) is 17.6. The number of hydrogen-bond donors (Lipinski definition) is 1. The van der Waals surface area contributed by atoms with E-state index >= 15 is 0 Å². The highest BCUT2D eigenvalue weighted by molar-refractivity contribution is 7.80. The van der Waals surface area contributed by atoms with E-state index in [9.17, 15) is 0 Å². The largest absolute Gasteiger partial charge is 0.352 e. The maximum absolute atomic E-state index is 6.59. The second-order valence-electron chi connectivity index (χ2n) is 8.37. The van der Waals surface area contributed by atoms with Crippen LogP contribution in [0.4, 0.5) is 0 Å². The van der Waals surface area contributed by atoms with Gasteiger partial charge >= 0.3 is 0 Å². The Morgan fingerprint density at radius 1 is 1.03 bits per heavy atom. The minimum absolute atomic E-state index is 0.0615. The first-order valence-corrected chi connectivity index (χ1v) is 12.1. The fourth-order valence-corrected chi connectivity index (χ4v) is 5.52. The number of aromatic nitrogens is 3. The van der Waals surface area contributed by atoms with E-state index in [0.717, 1.165) is 33.9 Å². The van der Waals surface area contributed by atoms with E-state index in [4.69, 9.17) is 35.4 Å². The summed E-state index contributed by atoms with van der Waals surface area (Å²) in [4.78, 5) is 11.2. The normalized spacial score (nSPS) is 17.8. The van der Waals surface area contributed by atoms with Crippen molar-refractivity contribution in [3.05, 3.63) is 111 Å². The van der Waals surface area contributed by atoms with E-state index in [0.29, 0.717) is 21.7 Å². The Morgan fingerprint density at radius 2 is 1.88 bits per heavy atom. The summed E-state index contributed by atoms with van der Waals surface area (Å²) in [5.41, 5.74) is 6.26. The molecular weight excluding hydrogens is 485 g/mol. The Balaban J connectivity index is 1.63. The molecule has 0 bridgehead atoms. The van der Waals surface area contributed by atoms with Gasteiger partial charge in [0.05, 0.1) is 28.5 Å². The van der Waals surface area contributed by atoms with E-state index in [1.807, 2.05) is 48.8 Å². The molecule has 0 saturated carbocycles.